The lowest BCUT2D eigenvalue weighted by atomic mass is 9.85. The molecule has 1 aliphatic rings. The molecule has 4 N–H and O–H groups in total. The molecular formula is C14H17N3O. The highest BCUT2D eigenvalue weighted by atomic mass is 16.1. The number of rotatable bonds is 2. The molecule has 4 heteroatoms. The van der Waals surface area contributed by atoms with Gasteiger partial charge in [0.1, 0.15) is 0 Å². The Morgan fingerprint density at radius 2 is 1.89 bits per heavy atom. The number of H-pyrrole nitrogens is 2. The van der Waals surface area contributed by atoms with Gasteiger partial charge in [0.05, 0.1) is 5.69 Å². The van der Waals surface area contributed by atoms with Crippen molar-refractivity contribution in [2.75, 3.05) is 0 Å². The molecule has 1 aromatic carbocycles. The number of imidazole rings is 1. The molecule has 0 spiro atoms. The molecule has 0 radical (unpaired) electrons. The first-order chi connectivity index (χ1) is 8.69. The summed E-state index contributed by atoms with van der Waals surface area (Å²) in [5, 5.41) is 0. The van der Waals surface area contributed by atoms with Crippen LogP contribution in [0.2, 0.25) is 0 Å². The fourth-order valence-electron chi connectivity index (χ4n) is 2.90. The summed E-state index contributed by atoms with van der Waals surface area (Å²) in [4.78, 5) is 16.7. The lowest BCUT2D eigenvalue weighted by Gasteiger charge is -2.26. The van der Waals surface area contributed by atoms with Crippen LogP contribution in [0.25, 0.3) is 11.3 Å². The van der Waals surface area contributed by atoms with Crippen molar-refractivity contribution in [3.8, 4) is 11.3 Å². The molecule has 0 saturated heterocycles. The van der Waals surface area contributed by atoms with Gasteiger partial charge in [0.25, 0.3) is 0 Å². The quantitative estimate of drug-likeness (QED) is 0.755. The van der Waals surface area contributed by atoms with Gasteiger partial charge >= 0.3 is 5.69 Å². The Balaban J connectivity index is 2.13. The van der Waals surface area contributed by atoms with E-state index in [1.165, 1.54) is 12.8 Å². The third kappa shape index (κ3) is 1.78. The molecule has 1 saturated carbocycles. The van der Waals surface area contributed by atoms with Gasteiger partial charge in [-0.25, -0.2) is 4.79 Å². The fourth-order valence-corrected chi connectivity index (χ4v) is 2.90. The Labute approximate surface area is 105 Å². The molecule has 0 unspecified atom stereocenters. The highest BCUT2D eigenvalue weighted by Crippen LogP contribution is 2.40. The largest absolute Gasteiger partial charge is 0.323 e. The molecular weight excluding hydrogens is 226 g/mol. The van der Waals surface area contributed by atoms with E-state index in [-0.39, 0.29) is 11.2 Å². The van der Waals surface area contributed by atoms with Gasteiger partial charge in [-0.15, -0.1) is 0 Å². The van der Waals surface area contributed by atoms with Gasteiger partial charge < -0.3 is 15.7 Å². The molecule has 1 heterocycles. The molecule has 1 aromatic heterocycles. The Hall–Kier alpha value is -1.81. The van der Waals surface area contributed by atoms with Crippen LogP contribution >= 0.6 is 0 Å². The first-order valence-electron chi connectivity index (χ1n) is 6.35. The van der Waals surface area contributed by atoms with Crippen LogP contribution < -0.4 is 11.4 Å². The van der Waals surface area contributed by atoms with Gasteiger partial charge in [0.2, 0.25) is 0 Å². The minimum absolute atomic E-state index is 0.183. The van der Waals surface area contributed by atoms with E-state index in [0.29, 0.717) is 0 Å². The average molecular weight is 243 g/mol. The lowest BCUT2D eigenvalue weighted by Crippen LogP contribution is -2.33. The Bertz CT molecular complexity index is 605. The Kier molecular flexibility index (Phi) is 2.59. The highest BCUT2D eigenvalue weighted by Gasteiger charge is 2.33. The molecule has 3 rings (SSSR count). The van der Waals surface area contributed by atoms with Gasteiger partial charge in [-0.05, 0) is 18.4 Å². The van der Waals surface area contributed by atoms with Gasteiger partial charge in [0, 0.05) is 17.3 Å². The first kappa shape index (κ1) is 11.3. The topological polar surface area (TPSA) is 74.7 Å². The number of benzene rings is 1. The predicted molar refractivity (Wildman–Crippen MR) is 71.2 cm³/mol. The minimum atomic E-state index is -0.245. The number of nitrogens with two attached hydrogens (primary N) is 1. The monoisotopic (exact) mass is 243 g/mol. The zero-order chi connectivity index (χ0) is 12.6. The van der Waals surface area contributed by atoms with Crippen molar-refractivity contribution in [3.05, 3.63) is 46.5 Å². The maximum absolute atomic E-state index is 11.2. The van der Waals surface area contributed by atoms with Crippen molar-refractivity contribution in [2.24, 2.45) is 5.73 Å². The van der Waals surface area contributed by atoms with Gasteiger partial charge in [-0.1, -0.05) is 37.1 Å². The number of hydrogen-bond acceptors (Lipinski definition) is 2. The van der Waals surface area contributed by atoms with Gasteiger partial charge in [-0.2, -0.15) is 0 Å². The maximum atomic E-state index is 11.2. The standard InChI is InChI=1S/C14H17N3O/c15-14(7-3-4-8-14)11-6-2-1-5-10(11)12-9-16-13(18)17-12/h1-2,5-6,9H,3-4,7-8,15H2,(H2,16,17,18). The van der Waals surface area contributed by atoms with Crippen LogP contribution in [-0.2, 0) is 5.54 Å². The van der Waals surface area contributed by atoms with Gasteiger partial charge in [0.15, 0.2) is 0 Å². The summed E-state index contributed by atoms with van der Waals surface area (Å²) >= 11 is 0. The van der Waals surface area contributed by atoms with E-state index < -0.39 is 0 Å². The molecule has 0 amide bonds. The number of hydrogen-bond donors (Lipinski definition) is 3. The molecule has 0 bridgehead atoms. The summed E-state index contributed by atoms with van der Waals surface area (Å²) in [6, 6.07) is 8.08. The summed E-state index contributed by atoms with van der Waals surface area (Å²) in [5.41, 5.74) is 9.07. The molecule has 0 aliphatic heterocycles. The van der Waals surface area contributed by atoms with Crippen molar-refractivity contribution >= 4 is 0 Å². The number of aromatic amines is 2. The Morgan fingerprint density at radius 1 is 1.17 bits per heavy atom. The van der Waals surface area contributed by atoms with Crippen molar-refractivity contribution in [2.45, 2.75) is 31.2 Å². The zero-order valence-corrected chi connectivity index (χ0v) is 10.2. The van der Waals surface area contributed by atoms with Gasteiger partial charge in [-0.3, -0.25) is 0 Å². The summed E-state index contributed by atoms with van der Waals surface area (Å²) in [7, 11) is 0. The van der Waals surface area contributed by atoms with Crippen LogP contribution in [0.4, 0.5) is 0 Å². The Morgan fingerprint density at radius 3 is 2.56 bits per heavy atom. The molecule has 1 fully saturated rings. The third-order valence-corrected chi connectivity index (χ3v) is 3.85. The lowest BCUT2D eigenvalue weighted by molar-refractivity contribution is 0.463. The smallest absolute Gasteiger partial charge is 0.321 e. The minimum Gasteiger partial charge on any atom is -0.321 e. The van der Waals surface area contributed by atoms with Crippen LogP contribution in [-0.4, -0.2) is 9.97 Å². The van der Waals surface area contributed by atoms with Crippen molar-refractivity contribution in [3.63, 3.8) is 0 Å². The summed E-state index contributed by atoms with van der Waals surface area (Å²) < 4.78 is 0. The van der Waals surface area contributed by atoms with E-state index in [9.17, 15) is 4.79 Å². The van der Waals surface area contributed by atoms with Crippen LogP contribution in [0.3, 0.4) is 0 Å². The van der Waals surface area contributed by atoms with E-state index >= 15 is 0 Å². The summed E-state index contributed by atoms with van der Waals surface area (Å²) in [6.45, 7) is 0. The van der Waals surface area contributed by atoms with Crippen LogP contribution in [0.15, 0.2) is 35.3 Å². The fraction of sp³-hybridized carbons (Fsp3) is 0.357. The predicted octanol–water partition coefficient (Wildman–Crippen LogP) is 2.10. The van der Waals surface area contributed by atoms with Crippen LogP contribution in [0.5, 0.6) is 0 Å². The first-order valence-corrected chi connectivity index (χ1v) is 6.35. The van der Waals surface area contributed by atoms with E-state index in [1.54, 1.807) is 6.20 Å². The summed E-state index contributed by atoms with van der Waals surface area (Å²) in [6.07, 6.45) is 6.08. The van der Waals surface area contributed by atoms with E-state index in [4.69, 9.17) is 5.73 Å². The van der Waals surface area contributed by atoms with Crippen LogP contribution in [0.1, 0.15) is 31.2 Å². The molecule has 4 nitrogen and oxygen atoms in total. The van der Waals surface area contributed by atoms with E-state index in [2.05, 4.69) is 16.0 Å². The summed E-state index contributed by atoms with van der Waals surface area (Å²) in [5.74, 6) is 0. The number of aromatic nitrogens is 2. The van der Waals surface area contributed by atoms with Crippen molar-refractivity contribution in [1.82, 2.24) is 9.97 Å². The molecule has 0 atom stereocenters. The zero-order valence-electron chi connectivity index (χ0n) is 10.2. The van der Waals surface area contributed by atoms with Crippen LogP contribution in [0, 0.1) is 0 Å². The molecule has 94 valence electrons. The third-order valence-electron chi connectivity index (χ3n) is 3.85. The normalized spacial score (nSPS) is 18.1. The molecule has 2 aromatic rings. The molecule has 1 aliphatic carbocycles. The second kappa shape index (κ2) is 4.14. The molecule has 18 heavy (non-hydrogen) atoms. The highest BCUT2D eigenvalue weighted by molar-refractivity contribution is 5.64. The van der Waals surface area contributed by atoms with E-state index in [1.807, 2.05) is 18.2 Å². The average Bonchev–Trinajstić information content (AvgIpc) is 2.99. The SMILES string of the molecule is NC1(c2ccccc2-c2c[nH]c(=O)[nH]2)CCCC1. The number of nitrogens with one attached hydrogen (secondary N) is 2. The second-order valence-electron chi connectivity index (χ2n) is 5.07. The second-order valence-corrected chi connectivity index (χ2v) is 5.07. The maximum Gasteiger partial charge on any atom is 0.323 e. The van der Waals surface area contributed by atoms with Crippen molar-refractivity contribution < 1.29 is 0 Å². The van der Waals surface area contributed by atoms with E-state index in [0.717, 1.165) is 29.7 Å². The van der Waals surface area contributed by atoms with Crippen molar-refractivity contribution in [1.29, 1.82) is 0 Å².